The van der Waals surface area contributed by atoms with E-state index in [9.17, 15) is 26.7 Å². The molecule has 0 bridgehead atoms. The van der Waals surface area contributed by atoms with Crippen molar-refractivity contribution in [2.75, 3.05) is 5.32 Å². The van der Waals surface area contributed by atoms with Gasteiger partial charge in [0.1, 0.15) is 5.69 Å². The zero-order chi connectivity index (χ0) is 14.2. The van der Waals surface area contributed by atoms with Crippen LogP contribution >= 0.6 is 0 Å². The number of aromatic amines is 1. The quantitative estimate of drug-likeness (QED) is 0.503. The molecule has 19 heavy (non-hydrogen) atoms. The number of nitrogens with one attached hydrogen (secondary N) is 2. The molecular formula is C10H4F5N3O. The molecule has 0 saturated heterocycles. The number of carbonyl (C=O) groups is 1. The number of hydrogen-bond donors (Lipinski definition) is 2. The summed E-state index contributed by atoms with van der Waals surface area (Å²) in [5.74, 6) is -11.9. The average Bonchev–Trinajstić information content (AvgIpc) is 2.93. The fourth-order valence-corrected chi connectivity index (χ4v) is 1.28. The summed E-state index contributed by atoms with van der Waals surface area (Å²) in [4.78, 5) is 11.4. The number of anilines is 1. The van der Waals surface area contributed by atoms with Crippen molar-refractivity contribution in [2.24, 2.45) is 0 Å². The van der Waals surface area contributed by atoms with E-state index in [4.69, 9.17) is 0 Å². The molecule has 0 aliphatic rings. The average molecular weight is 277 g/mol. The highest BCUT2D eigenvalue weighted by Crippen LogP contribution is 2.27. The van der Waals surface area contributed by atoms with Gasteiger partial charge in [-0.15, -0.1) is 0 Å². The lowest BCUT2D eigenvalue weighted by Crippen LogP contribution is -2.16. The van der Waals surface area contributed by atoms with Crippen LogP contribution in [0.2, 0.25) is 0 Å². The largest absolute Gasteiger partial charge is 0.317 e. The second kappa shape index (κ2) is 4.67. The van der Waals surface area contributed by atoms with Crippen molar-refractivity contribution < 1.29 is 26.7 Å². The second-order valence-electron chi connectivity index (χ2n) is 3.39. The van der Waals surface area contributed by atoms with Crippen molar-refractivity contribution in [2.45, 2.75) is 0 Å². The van der Waals surface area contributed by atoms with E-state index >= 15 is 0 Å². The third-order valence-corrected chi connectivity index (χ3v) is 2.21. The van der Waals surface area contributed by atoms with E-state index in [1.807, 2.05) is 0 Å². The highest BCUT2D eigenvalue weighted by Gasteiger charge is 2.27. The first-order valence-electron chi connectivity index (χ1n) is 4.75. The molecule has 1 aromatic heterocycles. The van der Waals surface area contributed by atoms with E-state index in [0.29, 0.717) is 0 Å². The van der Waals surface area contributed by atoms with Gasteiger partial charge in [-0.05, 0) is 0 Å². The van der Waals surface area contributed by atoms with Crippen molar-refractivity contribution >= 4 is 11.6 Å². The SMILES string of the molecule is O=C(Nc1c(F)c(F)c(F)c(F)c1F)c1cn[nH]c1. The normalized spacial score (nSPS) is 10.6. The predicted octanol–water partition coefficient (Wildman–Crippen LogP) is 2.36. The van der Waals surface area contributed by atoms with Crippen molar-refractivity contribution in [1.82, 2.24) is 10.2 Å². The Morgan fingerprint density at radius 2 is 1.53 bits per heavy atom. The maximum Gasteiger partial charge on any atom is 0.258 e. The number of H-pyrrole nitrogens is 1. The molecule has 0 aliphatic carbocycles. The predicted molar refractivity (Wildman–Crippen MR) is 52.8 cm³/mol. The lowest BCUT2D eigenvalue weighted by atomic mass is 10.2. The number of halogens is 5. The lowest BCUT2D eigenvalue weighted by Gasteiger charge is -2.08. The molecule has 0 aliphatic heterocycles. The summed E-state index contributed by atoms with van der Waals surface area (Å²) in [6, 6.07) is 0. The van der Waals surface area contributed by atoms with Gasteiger partial charge in [-0.1, -0.05) is 0 Å². The smallest absolute Gasteiger partial charge is 0.258 e. The Morgan fingerprint density at radius 3 is 2.00 bits per heavy atom. The van der Waals surface area contributed by atoms with Crippen LogP contribution in [0.1, 0.15) is 10.4 Å². The van der Waals surface area contributed by atoms with E-state index in [1.54, 1.807) is 5.32 Å². The van der Waals surface area contributed by atoms with Gasteiger partial charge in [0.15, 0.2) is 23.3 Å². The monoisotopic (exact) mass is 277 g/mol. The first-order valence-corrected chi connectivity index (χ1v) is 4.75. The highest BCUT2D eigenvalue weighted by atomic mass is 19.2. The summed E-state index contributed by atoms with van der Waals surface area (Å²) in [6.45, 7) is 0. The Labute approximate surface area is 102 Å². The van der Waals surface area contributed by atoms with Crippen molar-refractivity contribution in [3.05, 3.63) is 47.0 Å². The molecular weight excluding hydrogens is 273 g/mol. The van der Waals surface area contributed by atoms with Crippen LogP contribution in [0.15, 0.2) is 12.4 Å². The minimum absolute atomic E-state index is 0.135. The Balaban J connectivity index is 2.44. The third kappa shape index (κ3) is 2.14. The van der Waals surface area contributed by atoms with Crippen molar-refractivity contribution in [1.29, 1.82) is 0 Å². The van der Waals surface area contributed by atoms with Crippen LogP contribution < -0.4 is 5.32 Å². The van der Waals surface area contributed by atoms with Crippen LogP contribution in [0.25, 0.3) is 0 Å². The second-order valence-corrected chi connectivity index (χ2v) is 3.39. The molecule has 0 atom stereocenters. The first kappa shape index (κ1) is 13.0. The summed E-state index contributed by atoms with van der Waals surface area (Å²) < 4.78 is 65.0. The standard InChI is InChI=1S/C10H4F5N3O/c11-4-5(12)7(14)9(8(15)6(4)13)18-10(19)3-1-16-17-2-3/h1-2H,(H,16,17)(H,18,19). The molecule has 2 N–H and O–H groups in total. The molecule has 0 unspecified atom stereocenters. The minimum Gasteiger partial charge on any atom is -0.317 e. The van der Waals surface area contributed by atoms with Gasteiger partial charge in [-0.25, -0.2) is 22.0 Å². The Morgan fingerprint density at radius 1 is 1.00 bits per heavy atom. The molecule has 2 rings (SSSR count). The molecule has 1 amide bonds. The number of benzene rings is 1. The van der Waals surface area contributed by atoms with Gasteiger partial charge in [-0.2, -0.15) is 5.10 Å². The summed E-state index contributed by atoms with van der Waals surface area (Å²) in [7, 11) is 0. The van der Waals surface area contributed by atoms with Crippen LogP contribution in [0, 0.1) is 29.1 Å². The number of carbonyl (C=O) groups excluding carboxylic acids is 1. The van der Waals surface area contributed by atoms with Crippen LogP contribution in [-0.4, -0.2) is 16.1 Å². The fourth-order valence-electron chi connectivity index (χ4n) is 1.28. The summed E-state index contributed by atoms with van der Waals surface area (Å²) in [5, 5.41) is 7.24. The van der Waals surface area contributed by atoms with E-state index < -0.39 is 40.7 Å². The number of amides is 1. The van der Waals surface area contributed by atoms with Crippen LogP contribution in [-0.2, 0) is 0 Å². The molecule has 0 spiro atoms. The molecule has 1 heterocycles. The zero-order valence-corrected chi connectivity index (χ0v) is 8.90. The highest BCUT2D eigenvalue weighted by molar-refractivity contribution is 6.04. The van der Waals surface area contributed by atoms with Crippen LogP contribution in [0.3, 0.4) is 0 Å². The van der Waals surface area contributed by atoms with Gasteiger partial charge in [0.05, 0.1) is 11.8 Å². The number of aromatic nitrogens is 2. The Bertz CT molecular complexity index is 612. The van der Waals surface area contributed by atoms with Gasteiger partial charge < -0.3 is 5.32 Å². The summed E-state index contributed by atoms with van der Waals surface area (Å²) >= 11 is 0. The van der Waals surface area contributed by atoms with E-state index in [2.05, 4.69) is 10.2 Å². The third-order valence-electron chi connectivity index (χ3n) is 2.21. The summed E-state index contributed by atoms with van der Waals surface area (Å²) in [5.41, 5.74) is -1.55. The van der Waals surface area contributed by atoms with Gasteiger partial charge in [0.2, 0.25) is 5.82 Å². The topological polar surface area (TPSA) is 57.8 Å². The van der Waals surface area contributed by atoms with E-state index in [1.165, 1.54) is 0 Å². The van der Waals surface area contributed by atoms with Crippen molar-refractivity contribution in [3.63, 3.8) is 0 Å². The summed E-state index contributed by atoms with van der Waals surface area (Å²) in [6.07, 6.45) is 2.10. The number of hydrogen-bond acceptors (Lipinski definition) is 2. The van der Waals surface area contributed by atoms with Gasteiger partial charge in [0, 0.05) is 6.20 Å². The lowest BCUT2D eigenvalue weighted by molar-refractivity contribution is 0.102. The molecule has 0 radical (unpaired) electrons. The Kier molecular flexibility index (Phi) is 3.19. The molecule has 100 valence electrons. The van der Waals surface area contributed by atoms with Gasteiger partial charge >= 0.3 is 0 Å². The maximum atomic E-state index is 13.2. The van der Waals surface area contributed by atoms with Crippen LogP contribution in [0.4, 0.5) is 27.6 Å². The molecule has 0 fully saturated rings. The molecule has 2 aromatic rings. The van der Waals surface area contributed by atoms with Gasteiger partial charge in [0.25, 0.3) is 5.91 Å². The first-order chi connectivity index (χ1) is 8.93. The van der Waals surface area contributed by atoms with Crippen LogP contribution in [0.5, 0.6) is 0 Å². The Hall–Kier alpha value is -2.45. The minimum atomic E-state index is -2.30. The molecule has 1 aromatic carbocycles. The van der Waals surface area contributed by atoms with Gasteiger partial charge in [-0.3, -0.25) is 9.89 Å². The zero-order valence-electron chi connectivity index (χ0n) is 8.90. The van der Waals surface area contributed by atoms with E-state index in [0.717, 1.165) is 12.4 Å². The fraction of sp³-hybridized carbons (Fsp3) is 0. The van der Waals surface area contributed by atoms with E-state index in [-0.39, 0.29) is 5.56 Å². The molecule has 4 nitrogen and oxygen atoms in total. The van der Waals surface area contributed by atoms with Crippen molar-refractivity contribution in [3.8, 4) is 0 Å². The number of nitrogens with zero attached hydrogens (tertiary/aromatic N) is 1. The maximum absolute atomic E-state index is 13.2. The molecule has 0 saturated carbocycles. The number of rotatable bonds is 2. The molecule has 9 heteroatoms.